The molecule has 6 nitrogen and oxygen atoms in total. The van der Waals surface area contributed by atoms with Crippen LogP contribution in [0.1, 0.15) is 34.1 Å². The minimum Gasteiger partial charge on any atom is -0.381 e. The van der Waals surface area contributed by atoms with Crippen LogP contribution in [0, 0.1) is 11.8 Å². The first-order chi connectivity index (χ1) is 10.1. The van der Waals surface area contributed by atoms with Gasteiger partial charge in [-0.05, 0) is 35.2 Å². The van der Waals surface area contributed by atoms with Crippen LogP contribution in [0.5, 0.6) is 0 Å². The first-order valence-electron chi connectivity index (χ1n) is 7.77. The van der Waals surface area contributed by atoms with Gasteiger partial charge in [0.05, 0.1) is 13.2 Å². The largest absolute Gasteiger partial charge is 0.381 e. The van der Waals surface area contributed by atoms with E-state index in [9.17, 15) is 0 Å². The number of aromatic nitrogens is 4. The second-order valence-electron chi connectivity index (χ2n) is 5.93. The number of rotatable bonds is 12. The van der Waals surface area contributed by atoms with Gasteiger partial charge in [0, 0.05) is 18.9 Å². The number of nitrogens with zero attached hydrogens (tertiary/aromatic N) is 4. The molecule has 1 N–H and O–H groups in total. The van der Waals surface area contributed by atoms with Crippen molar-refractivity contribution in [1.29, 1.82) is 0 Å². The molecule has 1 aromatic heterocycles. The maximum Gasteiger partial charge on any atom is 0.209 e. The van der Waals surface area contributed by atoms with E-state index in [0.717, 1.165) is 50.2 Å². The van der Waals surface area contributed by atoms with Gasteiger partial charge in [0.1, 0.15) is 0 Å². The lowest BCUT2D eigenvalue weighted by Gasteiger charge is -2.08. The van der Waals surface area contributed by atoms with Crippen LogP contribution in [0.25, 0.3) is 0 Å². The quantitative estimate of drug-likeness (QED) is 0.470. The van der Waals surface area contributed by atoms with Gasteiger partial charge in [-0.3, -0.25) is 0 Å². The first-order valence-corrected chi connectivity index (χ1v) is 8.75. The number of thioether (sulfide) groups is 1. The molecule has 1 aromatic rings. The fourth-order valence-electron chi connectivity index (χ4n) is 1.63. The van der Waals surface area contributed by atoms with Crippen LogP contribution in [0.15, 0.2) is 5.16 Å². The second kappa shape index (κ2) is 11.0. The molecule has 0 saturated carbocycles. The van der Waals surface area contributed by atoms with Crippen molar-refractivity contribution in [3.8, 4) is 0 Å². The third-order valence-corrected chi connectivity index (χ3v) is 3.77. The Morgan fingerprint density at radius 1 is 1.19 bits per heavy atom. The molecule has 0 spiro atoms. The van der Waals surface area contributed by atoms with E-state index in [1.165, 1.54) is 0 Å². The SMILES string of the molecule is CC(C)CCOCCSc1nnnn1CCNCC(C)C. The van der Waals surface area contributed by atoms with Gasteiger partial charge in [-0.25, -0.2) is 4.68 Å². The van der Waals surface area contributed by atoms with Crippen molar-refractivity contribution in [2.75, 3.05) is 32.1 Å². The summed E-state index contributed by atoms with van der Waals surface area (Å²) in [6.07, 6.45) is 1.12. The zero-order valence-corrected chi connectivity index (χ0v) is 14.5. The van der Waals surface area contributed by atoms with Crippen molar-refractivity contribution in [2.24, 2.45) is 11.8 Å². The average Bonchev–Trinajstić information content (AvgIpc) is 2.86. The molecular weight excluding hydrogens is 286 g/mol. The van der Waals surface area contributed by atoms with Gasteiger partial charge in [-0.2, -0.15) is 0 Å². The van der Waals surface area contributed by atoms with E-state index in [1.807, 2.05) is 4.68 Å². The highest BCUT2D eigenvalue weighted by Gasteiger charge is 2.06. The third-order valence-electron chi connectivity index (χ3n) is 2.85. The summed E-state index contributed by atoms with van der Waals surface area (Å²) in [7, 11) is 0. The van der Waals surface area contributed by atoms with E-state index in [2.05, 4.69) is 48.5 Å². The maximum absolute atomic E-state index is 5.60. The molecule has 0 fully saturated rings. The normalized spacial score (nSPS) is 11.7. The Balaban J connectivity index is 2.13. The second-order valence-corrected chi connectivity index (χ2v) is 6.99. The van der Waals surface area contributed by atoms with Gasteiger partial charge in [0.15, 0.2) is 0 Å². The summed E-state index contributed by atoms with van der Waals surface area (Å²) in [5, 5.41) is 16.1. The van der Waals surface area contributed by atoms with Crippen LogP contribution in [-0.2, 0) is 11.3 Å². The highest BCUT2D eigenvalue weighted by atomic mass is 32.2. The fourth-order valence-corrected chi connectivity index (χ4v) is 2.38. The molecule has 122 valence electrons. The number of hydrogen-bond donors (Lipinski definition) is 1. The highest BCUT2D eigenvalue weighted by molar-refractivity contribution is 7.99. The van der Waals surface area contributed by atoms with E-state index in [1.54, 1.807) is 11.8 Å². The van der Waals surface area contributed by atoms with Crippen LogP contribution in [-0.4, -0.2) is 52.3 Å². The van der Waals surface area contributed by atoms with Crippen molar-refractivity contribution >= 4 is 11.8 Å². The van der Waals surface area contributed by atoms with Crippen molar-refractivity contribution in [3.63, 3.8) is 0 Å². The highest BCUT2D eigenvalue weighted by Crippen LogP contribution is 2.13. The molecule has 0 atom stereocenters. The van der Waals surface area contributed by atoms with E-state index in [0.29, 0.717) is 11.8 Å². The van der Waals surface area contributed by atoms with Gasteiger partial charge in [-0.15, -0.1) is 5.10 Å². The molecular formula is C14H29N5OS. The Morgan fingerprint density at radius 3 is 2.71 bits per heavy atom. The summed E-state index contributed by atoms with van der Waals surface area (Å²) in [5.74, 6) is 2.25. The van der Waals surface area contributed by atoms with Crippen LogP contribution in [0.2, 0.25) is 0 Å². The fraction of sp³-hybridized carbons (Fsp3) is 0.929. The summed E-state index contributed by atoms with van der Waals surface area (Å²) in [4.78, 5) is 0. The molecule has 7 heteroatoms. The molecule has 0 aliphatic carbocycles. The molecule has 21 heavy (non-hydrogen) atoms. The van der Waals surface area contributed by atoms with E-state index in [-0.39, 0.29) is 0 Å². The molecule has 1 heterocycles. The lowest BCUT2D eigenvalue weighted by Crippen LogP contribution is -2.24. The van der Waals surface area contributed by atoms with Crippen LogP contribution >= 0.6 is 11.8 Å². The number of hydrogen-bond acceptors (Lipinski definition) is 6. The summed E-state index contributed by atoms with van der Waals surface area (Å²) in [5.41, 5.74) is 0. The Labute approximate surface area is 132 Å². The zero-order valence-electron chi connectivity index (χ0n) is 13.7. The Hall–Kier alpha value is -0.660. The van der Waals surface area contributed by atoms with E-state index >= 15 is 0 Å². The zero-order chi connectivity index (χ0) is 15.5. The number of tetrazole rings is 1. The molecule has 0 amide bonds. The number of ether oxygens (including phenoxy) is 1. The van der Waals surface area contributed by atoms with Crippen LogP contribution in [0.4, 0.5) is 0 Å². The van der Waals surface area contributed by atoms with Crippen LogP contribution < -0.4 is 5.32 Å². The third kappa shape index (κ3) is 9.06. The lowest BCUT2D eigenvalue weighted by atomic mass is 10.1. The van der Waals surface area contributed by atoms with Gasteiger partial charge >= 0.3 is 0 Å². The monoisotopic (exact) mass is 315 g/mol. The van der Waals surface area contributed by atoms with E-state index in [4.69, 9.17) is 4.74 Å². The topological polar surface area (TPSA) is 64.9 Å². The smallest absolute Gasteiger partial charge is 0.209 e. The maximum atomic E-state index is 5.60. The van der Waals surface area contributed by atoms with Gasteiger partial charge in [0.2, 0.25) is 5.16 Å². The summed E-state index contributed by atoms with van der Waals surface area (Å²) < 4.78 is 7.45. The molecule has 0 radical (unpaired) electrons. The minimum absolute atomic E-state index is 0.663. The van der Waals surface area contributed by atoms with E-state index < -0.39 is 0 Å². The average molecular weight is 315 g/mol. The van der Waals surface area contributed by atoms with Crippen LogP contribution in [0.3, 0.4) is 0 Å². The minimum atomic E-state index is 0.663. The van der Waals surface area contributed by atoms with Crippen molar-refractivity contribution < 1.29 is 4.74 Å². The van der Waals surface area contributed by atoms with Crippen molar-refractivity contribution in [2.45, 2.75) is 45.8 Å². The summed E-state index contributed by atoms with van der Waals surface area (Å²) >= 11 is 1.65. The predicted molar refractivity (Wildman–Crippen MR) is 86.5 cm³/mol. The molecule has 0 aliphatic rings. The summed E-state index contributed by atoms with van der Waals surface area (Å²) in [6.45, 7) is 13.1. The molecule has 0 bridgehead atoms. The summed E-state index contributed by atoms with van der Waals surface area (Å²) in [6, 6.07) is 0. The van der Waals surface area contributed by atoms with Gasteiger partial charge < -0.3 is 10.1 Å². The Morgan fingerprint density at radius 2 is 2.00 bits per heavy atom. The molecule has 0 unspecified atom stereocenters. The number of nitrogens with one attached hydrogen (secondary N) is 1. The molecule has 0 aromatic carbocycles. The molecule has 0 saturated heterocycles. The lowest BCUT2D eigenvalue weighted by molar-refractivity contribution is 0.138. The van der Waals surface area contributed by atoms with Crippen molar-refractivity contribution in [3.05, 3.63) is 0 Å². The first kappa shape index (κ1) is 18.4. The standard InChI is InChI=1S/C14H29N5OS/c1-12(2)5-8-20-9-10-21-14-16-17-18-19(14)7-6-15-11-13(3)4/h12-13,15H,5-11H2,1-4H3. The molecule has 1 rings (SSSR count). The van der Waals surface area contributed by atoms with Crippen molar-refractivity contribution in [1.82, 2.24) is 25.5 Å². The van der Waals surface area contributed by atoms with Gasteiger partial charge in [-0.1, -0.05) is 39.5 Å². The molecule has 0 aliphatic heterocycles. The Bertz CT molecular complexity index is 370. The predicted octanol–water partition coefficient (Wildman–Crippen LogP) is 2.07. The Kier molecular flexibility index (Phi) is 9.62. The van der Waals surface area contributed by atoms with Gasteiger partial charge in [0.25, 0.3) is 0 Å².